The Labute approximate surface area is 201 Å². The molecule has 0 bridgehead atoms. The van der Waals surface area contributed by atoms with Gasteiger partial charge in [0.25, 0.3) is 5.91 Å². The zero-order valence-electron chi connectivity index (χ0n) is 19.3. The number of nitrogens with zero attached hydrogens (tertiary/aromatic N) is 3. The molecule has 0 spiro atoms. The maximum absolute atomic E-state index is 14.2. The van der Waals surface area contributed by atoms with Crippen LogP contribution in [0.5, 0.6) is 5.75 Å². The topological polar surface area (TPSA) is 124 Å². The van der Waals surface area contributed by atoms with Crippen LogP contribution in [-0.2, 0) is 4.79 Å². The van der Waals surface area contributed by atoms with E-state index in [9.17, 15) is 14.0 Å². The highest BCUT2D eigenvalue weighted by molar-refractivity contribution is 6.01. The lowest BCUT2D eigenvalue weighted by Crippen LogP contribution is -2.17. The summed E-state index contributed by atoms with van der Waals surface area (Å²) in [6.45, 7) is 0. The summed E-state index contributed by atoms with van der Waals surface area (Å²) in [6, 6.07) is 6.85. The van der Waals surface area contributed by atoms with E-state index in [2.05, 4.69) is 20.7 Å². The summed E-state index contributed by atoms with van der Waals surface area (Å²) in [7, 11) is 1.55. The normalized spacial score (nSPS) is 19.4. The number of hydrogen-bond donors (Lipinski definition) is 3. The van der Waals surface area contributed by atoms with Gasteiger partial charge in [0.2, 0.25) is 5.91 Å². The molecule has 2 saturated carbocycles. The van der Waals surface area contributed by atoms with Crippen LogP contribution >= 0.6 is 0 Å². The Kier molecular flexibility index (Phi) is 6.10. The largest absolute Gasteiger partial charge is 0.494 e. The number of rotatable bonds is 8. The maximum Gasteiger partial charge on any atom is 0.252 e. The van der Waals surface area contributed by atoms with E-state index in [-0.39, 0.29) is 23.4 Å². The number of pyridine rings is 1. The van der Waals surface area contributed by atoms with Crippen molar-refractivity contribution in [3.8, 4) is 16.9 Å². The Balaban J connectivity index is 1.46. The number of ether oxygens (including phenoxy) is 1. The predicted octanol–water partition coefficient (Wildman–Crippen LogP) is 4.21. The van der Waals surface area contributed by atoms with E-state index in [1.165, 1.54) is 6.20 Å². The number of hydrogen-bond acceptors (Lipinski definition) is 6. The van der Waals surface area contributed by atoms with Gasteiger partial charge in [-0.25, -0.2) is 9.37 Å². The highest BCUT2D eigenvalue weighted by Crippen LogP contribution is 2.40. The number of halogens is 1. The van der Waals surface area contributed by atoms with Crippen LogP contribution in [0.25, 0.3) is 11.1 Å². The summed E-state index contributed by atoms with van der Waals surface area (Å²) in [5.74, 6) is 0.103. The standard InChI is InChI=1S/C25H27FN6O3/c1-35-23-16(15-11-29-32(13-15)21-7-3-5-18(21)26)4-2-6-19(23)30-20-10-22(28-12-17(20)24(27)33)31-25(34)14-8-9-14/h2,4,6,10-14,18,21H,3,5,7-9H2,1H3,(H2,27,33)(H2,28,30,31,34)/t18-,21+/m1/s1. The zero-order chi connectivity index (χ0) is 24.5. The Hall–Kier alpha value is -3.95. The molecular weight excluding hydrogens is 451 g/mol. The van der Waals surface area contributed by atoms with E-state index in [0.29, 0.717) is 29.4 Å². The number of nitrogens with two attached hydrogens (primary N) is 1. The molecule has 9 nitrogen and oxygen atoms in total. The minimum absolute atomic E-state index is 0.0126. The lowest BCUT2D eigenvalue weighted by Gasteiger charge is -2.17. The van der Waals surface area contributed by atoms with Crippen LogP contribution in [0.4, 0.5) is 21.6 Å². The third-order valence-corrected chi connectivity index (χ3v) is 6.51. The molecule has 2 aromatic heterocycles. The number of aromatic nitrogens is 3. The molecule has 182 valence electrons. The molecule has 2 aliphatic carbocycles. The van der Waals surface area contributed by atoms with E-state index in [4.69, 9.17) is 10.5 Å². The Morgan fingerprint density at radius 1 is 1.17 bits per heavy atom. The van der Waals surface area contributed by atoms with Gasteiger partial charge in [0.1, 0.15) is 17.7 Å². The molecule has 2 fully saturated rings. The van der Waals surface area contributed by atoms with Crippen molar-refractivity contribution in [2.24, 2.45) is 11.7 Å². The minimum Gasteiger partial charge on any atom is -0.494 e. The van der Waals surface area contributed by atoms with Crippen LogP contribution in [0.1, 0.15) is 48.5 Å². The second-order valence-electron chi connectivity index (χ2n) is 8.98. The van der Waals surface area contributed by atoms with Crippen LogP contribution < -0.4 is 21.1 Å². The summed E-state index contributed by atoms with van der Waals surface area (Å²) in [6.07, 6.45) is 7.86. The first kappa shape index (κ1) is 22.8. The molecule has 5 rings (SSSR count). The van der Waals surface area contributed by atoms with Gasteiger partial charge in [0.05, 0.1) is 36.3 Å². The van der Waals surface area contributed by atoms with Crippen molar-refractivity contribution in [1.82, 2.24) is 14.8 Å². The number of benzene rings is 1. The number of anilines is 3. The first-order chi connectivity index (χ1) is 16.9. The van der Waals surface area contributed by atoms with Crippen molar-refractivity contribution in [3.63, 3.8) is 0 Å². The molecule has 4 N–H and O–H groups in total. The van der Waals surface area contributed by atoms with Gasteiger partial charge in [-0.15, -0.1) is 0 Å². The quantitative estimate of drug-likeness (QED) is 0.446. The number of methoxy groups -OCH3 is 1. The number of primary amides is 1. The van der Waals surface area contributed by atoms with Crippen LogP contribution in [0.3, 0.4) is 0 Å². The van der Waals surface area contributed by atoms with Gasteiger partial charge < -0.3 is 21.1 Å². The summed E-state index contributed by atoms with van der Waals surface area (Å²) in [5.41, 5.74) is 8.24. The fourth-order valence-corrected chi connectivity index (χ4v) is 4.48. The molecule has 0 radical (unpaired) electrons. The third kappa shape index (κ3) is 4.68. The summed E-state index contributed by atoms with van der Waals surface area (Å²) < 4.78 is 21.6. The number of carbonyl (C=O) groups excluding carboxylic acids is 2. The van der Waals surface area contributed by atoms with Gasteiger partial charge in [0.15, 0.2) is 0 Å². The first-order valence-corrected chi connectivity index (χ1v) is 11.7. The van der Waals surface area contributed by atoms with Crippen molar-refractivity contribution >= 4 is 29.0 Å². The number of para-hydroxylation sites is 1. The molecule has 0 aliphatic heterocycles. The molecule has 0 unspecified atom stereocenters. The average molecular weight is 479 g/mol. The fraction of sp³-hybridized carbons (Fsp3) is 0.360. The van der Waals surface area contributed by atoms with E-state index in [1.54, 1.807) is 30.1 Å². The number of amides is 2. The van der Waals surface area contributed by atoms with Gasteiger partial charge >= 0.3 is 0 Å². The Morgan fingerprint density at radius 2 is 2.00 bits per heavy atom. The van der Waals surface area contributed by atoms with Gasteiger partial charge in [-0.05, 0) is 38.2 Å². The Morgan fingerprint density at radius 3 is 2.69 bits per heavy atom. The molecule has 3 aromatic rings. The zero-order valence-corrected chi connectivity index (χ0v) is 19.3. The van der Waals surface area contributed by atoms with Crippen molar-refractivity contribution in [2.75, 3.05) is 17.7 Å². The molecule has 2 atom stereocenters. The van der Waals surface area contributed by atoms with Gasteiger partial charge in [-0.1, -0.05) is 12.1 Å². The highest BCUT2D eigenvalue weighted by Gasteiger charge is 2.30. The number of carbonyl (C=O) groups is 2. The molecule has 2 heterocycles. The average Bonchev–Trinajstić information content (AvgIpc) is 3.44. The minimum atomic E-state index is -0.897. The summed E-state index contributed by atoms with van der Waals surface area (Å²) in [5, 5.41) is 10.4. The second kappa shape index (κ2) is 9.36. The molecule has 1 aromatic carbocycles. The van der Waals surface area contributed by atoms with Crippen LogP contribution in [0, 0.1) is 5.92 Å². The van der Waals surface area contributed by atoms with Gasteiger partial charge in [-0.3, -0.25) is 14.3 Å². The predicted molar refractivity (Wildman–Crippen MR) is 129 cm³/mol. The molecular formula is C25H27FN6O3. The van der Waals surface area contributed by atoms with Crippen molar-refractivity contribution in [2.45, 2.75) is 44.3 Å². The van der Waals surface area contributed by atoms with Crippen LogP contribution in [-0.4, -0.2) is 39.9 Å². The van der Waals surface area contributed by atoms with E-state index < -0.39 is 12.1 Å². The molecule has 35 heavy (non-hydrogen) atoms. The SMILES string of the molecule is COc1c(Nc2cc(NC(=O)C3CC3)ncc2C(N)=O)cccc1-c1cnn([C@H]2CCC[C@H]2F)c1. The van der Waals surface area contributed by atoms with E-state index >= 15 is 0 Å². The van der Waals surface area contributed by atoms with E-state index in [1.807, 2.05) is 18.3 Å². The molecule has 2 aliphatic rings. The Bertz CT molecular complexity index is 1270. The third-order valence-electron chi connectivity index (χ3n) is 6.51. The van der Waals surface area contributed by atoms with E-state index in [0.717, 1.165) is 36.8 Å². The smallest absolute Gasteiger partial charge is 0.252 e. The first-order valence-electron chi connectivity index (χ1n) is 11.7. The lowest BCUT2D eigenvalue weighted by molar-refractivity contribution is -0.117. The fourth-order valence-electron chi connectivity index (χ4n) is 4.48. The van der Waals surface area contributed by atoms with Gasteiger partial charge in [0, 0.05) is 35.5 Å². The highest BCUT2D eigenvalue weighted by atomic mass is 19.1. The second-order valence-corrected chi connectivity index (χ2v) is 8.98. The van der Waals surface area contributed by atoms with Gasteiger partial charge in [-0.2, -0.15) is 5.10 Å². The monoisotopic (exact) mass is 478 g/mol. The molecule has 0 saturated heterocycles. The maximum atomic E-state index is 14.2. The lowest BCUT2D eigenvalue weighted by atomic mass is 10.1. The van der Waals surface area contributed by atoms with Crippen molar-refractivity contribution in [3.05, 3.63) is 48.4 Å². The molecule has 2 amide bonds. The van der Waals surface area contributed by atoms with Crippen molar-refractivity contribution < 1.29 is 18.7 Å². The van der Waals surface area contributed by atoms with Crippen LogP contribution in [0.2, 0.25) is 0 Å². The number of nitrogens with one attached hydrogen (secondary N) is 2. The summed E-state index contributed by atoms with van der Waals surface area (Å²) in [4.78, 5) is 28.4. The number of alkyl halides is 1. The summed E-state index contributed by atoms with van der Waals surface area (Å²) >= 11 is 0. The van der Waals surface area contributed by atoms with Crippen molar-refractivity contribution in [1.29, 1.82) is 0 Å². The molecule has 10 heteroatoms. The van der Waals surface area contributed by atoms with Crippen LogP contribution in [0.15, 0.2) is 42.9 Å².